The molecule has 0 radical (unpaired) electrons. The van der Waals surface area contributed by atoms with Gasteiger partial charge < -0.3 is 15.6 Å². The number of aliphatic carboxylic acids is 1. The molecule has 0 aliphatic carbocycles. The molecule has 2 aromatic carbocycles. The highest BCUT2D eigenvalue weighted by Crippen LogP contribution is 2.28. The number of benzene rings is 2. The van der Waals surface area contributed by atoms with Gasteiger partial charge in [0.25, 0.3) is 0 Å². The van der Waals surface area contributed by atoms with Crippen LogP contribution in [-0.2, 0) is 9.53 Å². The molecule has 2 rings (SSSR count). The molecule has 2 atom stereocenters. The summed E-state index contributed by atoms with van der Waals surface area (Å²) < 4.78 is 5.81. The Bertz CT molecular complexity index is 598. The molecule has 0 unspecified atom stereocenters. The first-order valence-electron chi connectivity index (χ1n) is 6.80. The molecule has 0 heterocycles. The first kappa shape index (κ1) is 15.2. The van der Waals surface area contributed by atoms with Gasteiger partial charge >= 0.3 is 5.97 Å². The minimum Gasteiger partial charge on any atom is -0.480 e. The summed E-state index contributed by atoms with van der Waals surface area (Å²) >= 11 is 0. The second-order valence-corrected chi connectivity index (χ2v) is 4.93. The minimum absolute atomic E-state index is 0.0385. The zero-order chi connectivity index (χ0) is 15.2. The Morgan fingerprint density at radius 3 is 2.38 bits per heavy atom. The fourth-order valence-corrected chi connectivity index (χ4v) is 2.15. The highest BCUT2D eigenvalue weighted by Gasteiger charge is 2.20. The van der Waals surface area contributed by atoms with E-state index in [0.29, 0.717) is 0 Å². The van der Waals surface area contributed by atoms with Gasteiger partial charge in [0.1, 0.15) is 12.1 Å². The average molecular weight is 285 g/mol. The fourth-order valence-electron chi connectivity index (χ4n) is 2.15. The molecule has 0 fully saturated rings. The summed E-state index contributed by atoms with van der Waals surface area (Å²) in [6, 6.07) is 16.6. The summed E-state index contributed by atoms with van der Waals surface area (Å²) in [7, 11) is 0. The Kier molecular flexibility index (Phi) is 5.09. The molecule has 3 N–H and O–H groups in total. The third kappa shape index (κ3) is 3.90. The van der Waals surface area contributed by atoms with E-state index in [-0.39, 0.29) is 12.7 Å². The summed E-state index contributed by atoms with van der Waals surface area (Å²) in [6.45, 7) is 1.97. The molecule has 0 aliphatic heterocycles. The average Bonchev–Trinajstić information content (AvgIpc) is 2.50. The van der Waals surface area contributed by atoms with E-state index in [4.69, 9.17) is 15.6 Å². The lowest BCUT2D eigenvalue weighted by molar-refractivity contribution is -0.140. The van der Waals surface area contributed by atoms with Crippen LogP contribution >= 0.6 is 0 Å². The number of ether oxygens (including phenoxy) is 1. The fraction of sp³-hybridized carbons (Fsp3) is 0.235. The van der Waals surface area contributed by atoms with Crippen molar-refractivity contribution in [1.29, 1.82) is 0 Å². The van der Waals surface area contributed by atoms with Crippen molar-refractivity contribution in [2.75, 3.05) is 6.61 Å². The van der Waals surface area contributed by atoms with Crippen molar-refractivity contribution in [1.82, 2.24) is 0 Å². The molecule has 0 bridgehead atoms. The molecule has 0 amide bonds. The number of rotatable bonds is 6. The van der Waals surface area contributed by atoms with Crippen LogP contribution in [0.1, 0.15) is 22.8 Å². The van der Waals surface area contributed by atoms with Crippen LogP contribution in [0.2, 0.25) is 0 Å². The maximum absolute atomic E-state index is 10.8. The largest absolute Gasteiger partial charge is 0.480 e. The molecule has 110 valence electrons. The second kappa shape index (κ2) is 7.02. The van der Waals surface area contributed by atoms with Crippen molar-refractivity contribution in [3.63, 3.8) is 0 Å². The van der Waals surface area contributed by atoms with Crippen LogP contribution in [0.5, 0.6) is 0 Å². The third-order valence-electron chi connectivity index (χ3n) is 3.33. The lowest BCUT2D eigenvalue weighted by Gasteiger charge is -2.21. The SMILES string of the molecule is Cc1ccccc1[C@@H](OC[C@@H](N)C(=O)O)c1ccccc1. The Morgan fingerprint density at radius 2 is 1.76 bits per heavy atom. The number of hydrogen-bond donors (Lipinski definition) is 2. The van der Waals surface area contributed by atoms with E-state index < -0.39 is 12.0 Å². The van der Waals surface area contributed by atoms with Crippen molar-refractivity contribution in [3.05, 3.63) is 71.3 Å². The summed E-state index contributed by atoms with van der Waals surface area (Å²) in [5.41, 5.74) is 8.62. The van der Waals surface area contributed by atoms with Gasteiger partial charge in [0.05, 0.1) is 6.61 Å². The lowest BCUT2D eigenvalue weighted by atomic mass is 9.97. The number of hydrogen-bond acceptors (Lipinski definition) is 3. The van der Waals surface area contributed by atoms with Crippen LogP contribution in [0.15, 0.2) is 54.6 Å². The van der Waals surface area contributed by atoms with Crippen molar-refractivity contribution in [2.24, 2.45) is 5.73 Å². The van der Waals surface area contributed by atoms with E-state index >= 15 is 0 Å². The lowest BCUT2D eigenvalue weighted by Crippen LogP contribution is -2.35. The Balaban J connectivity index is 2.28. The van der Waals surface area contributed by atoms with Gasteiger partial charge in [-0.15, -0.1) is 0 Å². The standard InChI is InChI=1S/C17H19NO3/c1-12-7-5-6-10-14(12)16(13-8-3-2-4-9-13)21-11-15(18)17(19)20/h2-10,15-16H,11,18H2,1H3,(H,19,20)/t15-,16+/m1/s1. The summed E-state index contributed by atoms with van der Waals surface area (Å²) in [5, 5.41) is 8.89. The van der Waals surface area contributed by atoms with Gasteiger partial charge in [0.2, 0.25) is 0 Å². The van der Waals surface area contributed by atoms with E-state index in [1.807, 2.05) is 61.5 Å². The van der Waals surface area contributed by atoms with E-state index in [0.717, 1.165) is 16.7 Å². The third-order valence-corrected chi connectivity index (χ3v) is 3.33. The van der Waals surface area contributed by atoms with Crippen LogP contribution in [0.25, 0.3) is 0 Å². The Hall–Kier alpha value is -2.17. The summed E-state index contributed by atoms with van der Waals surface area (Å²) in [4.78, 5) is 10.8. The molecule has 21 heavy (non-hydrogen) atoms. The molecule has 4 nitrogen and oxygen atoms in total. The Morgan fingerprint density at radius 1 is 1.14 bits per heavy atom. The molecular weight excluding hydrogens is 266 g/mol. The molecule has 0 saturated carbocycles. The highest BCUT2D eigenvalue weighted by atomic mass is 16.5. The van der Waals surface area contributed by atoms with Crippen molar-refractivity contribution >= 4 is 5.97 Å². The minimum atomic E-state index is -1.06. The number of carboxylic acids is 1. The van der Waals surface area contributed by atoms with Crippen molar-refractivity contribution in [3.8, 4) is 0 Å². The van der Waals surface area contributed by atoms with Gasteiger partial charge in [-0.2, -0.15) is 0 Å². The van der Waals surface area contributed by atoms with Gasteiger partial charge in [-0.05, 0) is 23.6 Å². The number of aryl methyl sites for hydroxylation is 1. The van der Waals surface area contributed by atoms with E-state index in [9.17, 15) is 4.79 Å². The maximum atomic E-state index is 10.8. The van der Waals surface area contributed by atoms with Crippen LogP contribution in [0.3, 0.4) is 0 Å². The molecule has 0 aromatic heterocycles. The van der Waals surface area contributed by atoms with Gasteiger partial charge in [0, 0.05) is 0 Å². The molecule has 0 saturated heterocycles. The van der Waals surface area contributed by atoms with Crippen LogP contribution in [-0.4, -0.2) is 23.7 Å². The molecule has 0 spiro atoms. The van der Waals surface area contributed by atoms with Gasteiger partial charge in [-0.25, -0.2) is 0 Å². The molecule has 2 aromatic rings. The smallest absolute Gasteiger partial charge is 0.322 e. The zero-order valence-electron chi connectivity index (χ0n) is 11.9. The first-order chi connectivity index (χ1) is 10.1. The highest BCUT2D eigenvalue weighted by molar-refractivity contribution is 5.73. The maximum Gasteiger partial charge on any atom is 0.322 e. The first-order valence-corrected chi connectivity index (χ1v) is 6.80. The molecule has 0 aliphatic rings. The van der Waals surface area contributed by atoms with E-state index in [1.54, 1.807) is 0 Å². The Labute approximate surface area is 124 Å². The predicted octanol–water partition coefficient (Wildman–Crippen LogP) is 2.51. The van der Waals surface area contributed by atoms with Gasteiger partial charge in [-0.1, -0.05) is 54.6 Å². The molecule has 4 heteroatoms. The number of carbonyl (C=O) groups is 1. The summed E-state index contributed by atoms with van der Waals surface area (Å²) in [5.74, 6) is -1.06. The van der Waals surface area contributed by atoms with Gasteiger partial charge in [-0.3, -0.25) is 4.79 Å². The van der Waals surface area contributed by atoms with Crippen molar-refractivity contribution < 1.29 is 14.6 Å². The molecular formula is C17H19NO3. The quantitative estimate of drug-likeness (QED) is 0.855. The van der Waals surface area contributed by atoms with Crippen molar-refractivity contribution in [2.45, 2.75) is 19.1 Å². The number of carboxylic acid groups (broad SMARTS) is 1. The number of nitrogens with two attached hydrogens (primary N) is 1. The second-order valence-electron chi connectivity index (χ2n) is 4.93. The zero-order valence-corrected chi connectivity index (χ0v) is 11.9. The topological polar surface area (TPSA) is 72.5 Å². The van der Waals surface area contributed by atoms with Gasteiger partial charge in [0.15, 0.2) is 0 Å². The monoisotopic (exact) mass is 285 g/mol. The van der Waals surface area contributed by atoms with Crippen LogP contribution in [0.4, 0.5) is 0 Å². The van der Waals surface area contributed by atoms with Crippen LogP contribution < -0.4 is 5.73 Å². The predicted molar refractivity (Wildman–Crippen MR) is 81.0 cm³/mol. The van der Waals surface area contributed by atoms with Crippen LogP contribution in [0, 0.1) is 6.92 Å². The summed E-state index contributed by atoms with van der Waals surface area (Å²) in [6.07, 6.45) is -0.321. The van der Waals surface area contributed by atoms with E-state index in [2.05, 4.69) is 0 Å². The normalized spacial score (nSPS) is 13.6. The van der Waals surface area contributed by atoms with E-state index in [1.165, 1.54) is 0 Å².